The van der Waals surface area contributed by atoms with Crippen molar-refractivity contribution >= 4 is 33.4 Å². The second kappa shape index (κ2) is 5.83. The van der Waals surface area contributed by atoms with E-state index < -0.39 is 0 Å². The van der Waals surface area contributed by atoms with Crippen LogP contribution in [-0.2, 0) is 16.1 Å². The standard InChI is InChI=1S/C15H13BrN2O3/c16-10-3-5-11(6-4-10)18-14(19)8-13(15(18)20)17-9-12-2-1-7-21-12/h1-7,13,17H,8-9H2/p+1. The molecule has 1 fully saturated rings. The molecule has 6 heteroatoms. The van der Waals surface area contributed by atoms with Gasteiger partial charge in [-0.25, -0.2) is 4.90 Å². The molecule has 3 rings (SSSR count). The van der Waals surface area contributed by atoms with Crippen molar-refractivity contribution in [2.75, 3.05) is 4.90 Å². The fourth-order valence-electron chi connectivity index (χ4n) is 2.39. The number of furan rings is 1. The van der Waals surface area contributed by atoms with E-state index in [1.807, 2.05) is 23.5 Å². The first-order chi connectivity index (χ1) is 10.1. The van der Waals surface area contributed by atoms with Gasteiger partial charge in [0.15, 0.2) is 11.8 Å². The van der Waals surface area contributed by atoms with Crippen LogP contribution in [0.5, 0.6) is 0 Å². The molecule has 1 aromatic carbocycles. The van der Waals surface area contributed by atoms with Gasteiger partial charge in [-0.2, -0.15) is 0 Å². The van der Waals surface area contributed by atoms with Crippen molar-refractivity contribution < 1.29 is 19.3 Å². The van der Waals surface area contributed by atoms with E-state index in [4.69, 9.17) is 4.42 Å². The minimum Gasteiger partial charge on any atom is -0.463 e. The van der Waals surface area contributed by atoms with Gasteiger partial charge in [0.1, 0.15) is 6.54 Å². The number of nitrogens with two attached hydrogens (primary N) is 1. The molecule has 2 aromatic rings. The van der Waals surface area contributed by atoms with Gasteiger partial charge in [0.25, 0.3) is 5.91 Å². The molecule has 0 aliphatic carbocycles. The number of hydrogen-bond acceptors (Lipinski definition) is 3. The molecular formula is C15H14BrN2O3+. The number of amides is 2. The Labute approximate surface area is 130 Å². The van der Waals surface area contributed by atoms with E-state index >= 15 is 0 Å². The number of carbonyl (C=O) groups excluding carboxylic acids is 2. The number of benzene rings is 1. The molecule has 1 aliphatic rings. The van der Waals surface area contributed by atoms with Crippen molar-refractivity contribution in [3.8, 4) is 0 Å². The molecule has 1 aliphatic heterocycles. The fraction of sp³-hybridized carbons (Fsp3) is 0.200. The molecule has 2 amide bonds. The van der Waals surface area contributed by atoms with E-state index in [9.17, 15) is 9.59 Å². The largest absolute Gasteiger partial charge is 0.463 e. The summed E-state index contributed by atoms with van der Waals surface area (Å²) < 4.78 is 6.14. The molecule has 0 bridgehead atoms. The van der Waals surface area contributed by atoms with Crippen LogP contribution in [0.25, 0.3) is 0 Å². The van der Waals surface area contributed by atoms with Gasteiger partial charge in [0.05, 0.1) is 18.4 Å². The summed E-state index contributed by atoms with van der Waals surface area (Å²) in [7, 11) is 0. The van der Waals surface area contributed by atoms with E-state index in [-0.39, 0.29) is 24.3 Å². The summed E-state index contributed by atoms with van der Waals surface area (Å²) in [4.78, 5) is 25.7. The fourth-order valence-corrected chi connectivity index (χ4v) is 2.65. The first-order valence-electron chi connectivity index (χ1n) is 6.63. The minimum absolute atomic E-state index is 0.164. The van der Waals surface area contributed by atoms with Gasteiger partial charge in [0.2, 0.25) is 5.91 Å². The van der Waals surface area contributed by atoms with Crippen LogP contribution in [0.3, 0.4) is 0 Å². The molecule has 1 saturated heterocycles. The normalized spacial score (nSPS) is 18.5. The predicted molar refractivity (Wildman–Crippen MR) is 79.4 cm³/mol. The van der Waals surface area contributed by atoms with Crippen LogP contribution >= 0.6 is 15.9 Å². The zero-order valence-electron chi connectivity index (χ0n) is 11.2. The van der Waals surface area contributed by atoms with Crippen molar-refractivity contribution in [3.63, 3.8) is 0 Å². The lowest BCUT2D eigenvalue weighted by atomic mass is 10.2. The SMILES string of the molecule is O=C1CC([NH2+]Cc2ccco2)C(=O)N1c1ccc(Br)cc1. The van der Waals surface area contributed by atoms with E-state index in [1.165, 1.54) is 4.90 Å². The summed E-state index contributed by atoms with van der Waals surface area (Å²) in [6.07, 6.45) is 1.81. The minimum atomic E-state index is -0.383. The van der Waals surface area contributed by atoms with Crippen molar-refractivity contribution in [1.29, 1.82) is 0 Å². The number of rotatable bonds is 4. The molecule has 0 saturated carbocycles. The van der Waals surface area contributed by atoms with E-state index in [2.05, 4.69) is 15.9 Å². The number of carbonyl (C=O) groups is 2. The van der Waals surface area contributed by atoms with Crippen LogP contribution in [-0.4, -0.2) is 17.9 Å². The Hall–Kier alpha value is -1.92. The highest BCUT2D eigenvalue weighted by Crippen LogP contribution is 2.23. The molecule has 2 N–H and O–H groups in total. The van der Waals surface area contributed by atoms with Crippen LogP contribution in [0, 0.1) is 0 Å². The lowest BCUT2D eigenvalue weighted by Gasteiger charge is -2.14. The molecule has 5 nitrogen and oxygen atoms in total. The summed E-state index contributed by atoms with van der Waals surface area (Å²) in [5, 5.41) is 1.85. The Morgan fingerprint density at radius 1 is 1.24 bits per heavy atom. The Kier molecular flexibility index (Phi) is 3.90. The Morgan fingerprint density at radius 2 is 2.00 bits per heavy atom. The zero-order valence-corrected chi connectivity index (χ0v) is 12.7. The summed E-state index contributed by atoms with van der Waals surface area (Å²) in [5.74, 6) is 0.453. The molecule has 1 atom stereocenters. The van der Waals surface area contributed by atoms with Gasteiger partial charge >= 0.3 is 0 Å². The second-order valence-corrected chi connectivity index (χ2v) is 5.79. The molecule has 1 unspecified atom stereocenters. The summed E-state index contributed by atoms with van der Waals surface area (Å²) in [6, 6.07) is 10.4. The highest BCUT2D eigenvalue weighted by Gasteiger charge is 2.42. The van der Waals surface area contributed by atoms with Gasteiger partial charge in [0, 0.05) is 4.47 Å². The Balaban J connectivity index is 1.71. The van der Waals surface area contributed by atoms with E-state index in [0.29, 0.717) is 12.2 Å². The van der Waals surface area contributed by atoms with Crippen LogP contribution in [0.2, 0.25) is 0 Å². The zero-order chi connectivity index (χ0) is 14.8. The molecular weight excluding hydrogens is 336 g/mol. The summed E-state index contributed by atoms with van der Waals surface area (Å²) in [5.41, 5.74) is 0.613. The maximum absolute atomic E-state index is 12.4. The lowest BCUT2D eigenvalue weighted by Crippen LogP contribution is -2.90. The molecule has 1 aromatic heterocycles. The Bertz CT molecular complexity index is 652. The maximum atomic E-state index is 12.4. The number of quaternary nitrogens is 1. The second-order valence-electron chi connectivity index (χ2n) is 4.87. The smallest absolute Gasteiger partial charge is 0.292 e. The van der Waals surface area contributed by atoms with Gasteiger partial charge in [-0.05, 0) is 36.4 Å². The predicted octanol–water partition coefficient (Wildman–Crippen LogP) is 1.44. The van der Waals surface area contributed by atoms with E-state index in [0.717, 1.165) is 10.2 Å². The van der Waals surface area contributed by atoms with Gasteiger partial charge in [-0.1, -0.05) is 15.9 Å². The van der Waals surface area contributed by atoms with Crippen molar-refractivity contribution in [2.24, 2.45) is 0 Å². The molecule has 21 heavy (non-hydrogen) atoms. The average Bonchev–Trinajstić information content (AvgIpc) is 3.07. The quantitative estimate of drug-likeness (QED) is 0.849. The van der Waals surface area contributed by atoms with Crippen LogP contribution < -0.4 is 10.2 Å². The first kappa shape index (κ1) is 14.0. The van der Waals surface area contributed by atoms with Crippen molar-refractivity contribution in [2.45, 2.75) is 19.0 Å². The monoisotopic (exact) mass is 349 g/mol. The maximum Gasteiger partial charge on any atom is 0.292 e. The molecule has 0 radical (unpaired) electrons. The first-order valence-corrected chi connectivity index (χ1v) is 7.42. The van der Waals surface area contributed by atoms with Crippen LogP contribution in [0.15, 0.2) is 51.6 Å². The lowest BCUT2D eigenvalue weighted by molar-refractivity contribution is -0.691. The highest BCUT2D eigenvalue weighted by atomic mass is 79.9. The molecule has 108 valence electrons. The molecule has 0 spiro atoms. The Morgan fingerprint density at radius 3 is 2.67 bits per heavy atom. The number of anilines is 1. The van der Waals surface area contributed by atoms with Gasteiger partial charge in [-0.3, -0.25) is 9.59 Å². The van der Waals surface area contributed by atoms with Crippen LogP contribution in [0.1, 0.15) is 12.2 Å². The third kappa shape index (κ3) is 2.91. The van der Waals surface area contributed by atoms with Gasteiger partial charge in [-0.15, -0.1) is 0 Å². The molecule has 2 heterocycles. The van der Waals surface area contributed by atoms with Crippen molar-refractivity contribution in [1.82, 2.24) is 0 Å². The van der Waals surface area contributed by atoms with Gasteiger partial charge < -0.3 is 9.73 Å². The summed E-state index contributed by atoms with van der Waals surface area (Å²) in [6.45, 7) is 0.546. The number of halogens is 1. The third-order valence-corrected chi connectivity index (χ3v) is 3.98. The number of nitrogens with zero attached hydrogens (tertiary/aromatic N) is 1. The highest BCUT2D eigenvalue weighted by molar-refractivity contribution is 9.10. The number of imide groups is 1. The van der Waals surface area contributed by atoms with Crippen LogP contribution in [0.4, 0.5) is 5.69 Å². The topological polar surface area (TPSA) is 67.1 Å². The summed E-state index contributed by atoms with van der Waals surface area (Å²) >= 11 is 3.34. The van der Waals surface area contributed by atoms with Crippen molar-refractivity contribution in [3.05, 3.63) is 52.9 Å². The van der Waals surface area contributed by atoms with E-state index in [1.54, 1.807) is 24.5 Å². The number of hydrogen-bond donors (Lipinski definition) is 1. The average molecular weight is 350 g/mol. The third-order valence-electron chi connectivity index (χ3n) is 3.45.